The van der Waals surface area contributed by atoms with Crippen LogP contribution in [0.1, 0.15) is 165 Å². The summed E-state index contributed by atoms with van der Waals surface area (Å²) in [6.45, 7) is 11.9. The number of unbranched alkanes of at least 4 members (excludes halogenated alkanes) is 6. The molecule has 11 nitrogen and oxygen atoms in total. The Hall–Kier alpha value is -5.49. The van der Waals surface area contributed by atoms with Crippen molar-refractivity contribution in [2.24, 2.45) is 34.7 Å². The normalized spacial score (nSPS) is 21.1. The van der Waals surface area contributed by atoms with Gasteiger partial charge in [0.2, 0.25) is 5.13 Å². The van der Waals surface area contributed by atoms with Gasteiger partial charge in [-0.05, 0) is 193 Å². The van der Waals surface area contributed by atoms with Crippen molar-refractivity contribution in [3.63, 3.8) is 0 Å². The molecule has 7 rings (SSSR count). The van der Waals surface area contributed by atoms with E-state index in [2.05, 4.69) is 56.5 Å². The molecule has 0 aliphatic heterocycles. The van der Waals surface area contributed by atoms with E-state index in [0.717, 1.165) is 127 Å². The maximum absolute atomic E-state index is 13.3. The summed E-state index contributed by atoms with van der Waals surface area (Å²) in [6, 6.07) is 22.3. The second-order valence-electron chi connectivity index (χ2n) is 20.7. The van der Waals surface area contributed by atoms with Crippen molar-refractivity contribution in [3.8, 4) is 17.2 Å². The second-order valence-corrected chi connectivity index (χ2v) is 21.7. The van der Waals surface area contributed by atoms with Crippen LogP contribution in [0.25, 0.3) is 10.2 Å². The number of benzene rings is 3. The van der Waals surface area contributed by atoms with Gasteiger partial charge in [-0.1, -0.05) is 81.7 Å². The predicted octanol–water partition coefficient (Wildman–Crippen LogP) is 14.8. The van der Waals surface area contributed by atoms with Crippen LogP contribution in [0.5, 0.6) is 17.2 Å². The molecule has 3 aromatic carbocycles. The smallest absolute Gasteiger partial charge is 0.330 e. The van der Waals surface area contributed by atoms with Gasteiger partial charge in [0.1, 0.15) is 17.2 Å². The van der Waals surface area contributed by atoms with Crippen molar-refractivity contribution < 1.29 is 38.1 Å². The van der Waals surface area contributed by atoms with Gasteiger partial charge in [-0.15, -0.1) is 0 Å². The summed E-state index contributed by atoms with van der Waals surface area (Å²) in [5.41, 5.74) is 3.32. The van der Waals surface area contributed by atoms with E-state index >= 15 is 0 Å². The molecule has 4 aromatic rings. The number of hydrogen-bond donors (Lipinski definition) is 0. The highest BCUT2D eigenvalue weighted by Gasteiger charge is 2.32. The van der Waals surface area contributed by atoms with Gasteiger partial charge in [-0.2, -0.15) is 5.10 Å². The Morgan fingerprint density at radius 2 is 1.30 bits per heavy atom. The minimum absolute atomic E-state index is 0.149. The molecule has 0 radical (unpaired) electrons. The fourth-order valence-electron chi connectivity index (χ4n) is 11.1. The van der Waals surface area contributed by atoms with Gasteiger partial charge in [0.25, 0.3) is 0 Å². The SMILES string of the molecule is C=CC(=O)OCCCCCCOc1ccc(OC(=O)C2CCC(COc3ccc(C4CCC(C5CCC(CCC)CC5)CC4)cc3/C=N/N(CCCCCCOC(=O)C=C)c3nc4ccccc4s3)CC2)cc1. The number of anilines is 1. The molecule has 3 saturated carbocycles. The maximum atomic E-state index is 13.3. The Bertz CT molecular complexity index is 2320. The largest absolute Gasteiger partial charge is 0.494 e. The van der Waals surface area contributed by atoms with Crippen molar-refractivity contribution >= 4 is 50.8 Å². The number of nitrogens with zero attached hydrogens (tertiary/aromatic N) is 3. The summed E-state index contributed by atoms with van der Waals surface area (Å²) in [6.07, 6.45) is 28.5. The third kappa shape index (κ3) is 17.9. The van der Waals surface area contributed by atoms with Gasteiger partial charge in [-0.3, -0.25) is 4.79 Å². The number of hydrazone groups is 1. The first-order chi connectivity index (χ1) is 35.8. The summed E-state index contributed by atoms with van der Waals surface area (Å²) in [5.74, 6) is 4.56. The first-order valence-electron chi connectivity index (χ1n) is 27.7. The van der Waals surface area contributed by atoms with Gasteiger partial charge in [0, 0.05) is 24.3 Å². The van der Waals surface area contributed by atoms with E-state index in [0.29, 0.717) is 50.6 Å². The van der Waals surface area contributed by atoms with Gasteiger partial charge < -0.3 is 23.7 Å². The molecule has 3 aliphatic carbocycles. The van der Waals surface area contributed by atoms with Crippen molar-refractivity contribution in [2.75, 3.05) is 38.0 Å². The highest BCUT2D eigenvalue weighted by atomic mass is 32.1. The zero-order valence-electron chi connectivity index (χ0n) is 43.6. The molecule has 0 spiro atoms. The van der Waals surface area contributed by atoms with Crippen LogP contribution in [-0.2, 0) is 23.9 Å². The average Bonchev–Trinajstić information content (AvgIpc) is 3.87. The summed E-state index contributed by atoms with van der Waals surface area (Å²) in [4.78, 5) is 41.0. The molecule has 73 heavy (non-hydrogen) atoms. The third-order valence-electron chi connectivity index (χ3n) is 15.5. The van der Waals surface area contributed by atoms with Crippen molar-refractivity contribution in [3.05, 3.63) is 103 Å². The van der Waals surface area contributed by atoms with Crippen molar-refractivity contribution in [1.82, 2.24) is 4.98 Å². The van der Waals surface area contributed by atoms with Crippen LogP contribution < -0.4 is 19.2 Å². The maximum Gasteiger partial charge on any atom is 0.330 e. The fourth-order valence-corrected chi connectivity index (χ4v) is 12.1. The summed E-state index contributed by atoms with van der Waals surface area (Å²) >= 11 is 1.65. The highest BCUT2D eigenvalue weighted by Crippen LogP contribution is 2.45. The molecule has 0 N–H and O–H groups in total. The van der Waals surface area contributed by atoms with E-state index < -0.39 is 0 Å². The van der Waals surface area contributed by atoms with Crippen LogP contribution in [0.4, 0.5) is 5.13 Å². The van der Waals surface area contributed by atoms with Crippen LogP contribution in [-0.4, -0.2) is 62.1 Å². The summed E-state index contributed by atoms with van der Waals surface area (Å²) < 4.78 is 29.8. The van der Waals surface area contributed by atoms with Crippen molar-refractivity contribution in [2.45, 2.75) is 154 Å². The van der Waals surface area contributed by atoms with Crippen LogP contribution >= 0.6 is 11.3 Å². The zero-order chi connectivity index (χ0) is 51.0. The highest BCUT2D eigenvalue weighted by molar-refractivity contribution is 7.22. The minimum atomic E-state index is -0.384. The van der Waals surface area contributed by atoms with Crippen LogP contribution in [0, 0.1) is 29.6 Å². The lowest BCUT2D eigenvalue weighted by molar-refractivity contribution is -0.140. The summed E-state index contributed by atoms with van der Waals surface area (Å²) in [5, 5.41) is 8.09. The van der Waals surface area contributed by atoms with E-state index in [-0.39, 0.29) is 23.8 Å². The fraction of sp³-hybridized carbons (Fsp3) is 0.557. The molecule has 0 atom stereocenters. The molecule has 1 aromatic heterocycles. The summed E-state index contributed by atoms with van der Waals surface area (Å²) in [7, 11) is 0. The number of ether oxygens (including phenoxy) is 5. The Kier molecular flexibility index (Phi) is 22.7. The molecule has 0 saturated heterocycles. The van der Waals surface area contributed by atoms with Crippen LogP contribution in [0.3, 0.4) is 0 Å². The molecular formula is C61H81N3O8S. The number of para-hydroxylation sites is 1. The Balaban J connectivity index is 0.942. The van der Waals surface area contributed by atoms with Gasteiger partial charge in [-0.25, -0.2) is 19.6 Å². The van der Waals surface area contributed by atoms with Gasteiger partial charge in [0.15, 0.2) is 0 Å². The van der Waals surface area contributed by atoms with E-state index in [9.17, 15) is 14.4 Å². The van der Waals surface area contributed by atoms with Crippen LogP contribution in [0.2, 0.25) is 0 Å². The van der Waals surface area contributed by atoms with E-state index in [1.807, 2.05) is 29.4 Å². The Morgan fingerprint density at radius 3 is 1.96 bits per heavy atom. The number of thiazole rings is 1. The van der Waals surface area contributed by atoms with Crippen LogP contribution in [0.15, 0.2) is 97.1 Å². The Labute approximate surface area is 439 Å². The molecule has 3 fully saturated rings. The number of fused-ring (bicyclic) bond motifs is 1. The van der Waals surface area contributed by atoms with E-state index in [4.69, 9.17) is 33.8 Å². The molecule has 1 heterocycles. The first-order valence-corrected chi connectivity index (χ1v) is 28.6. The minimum Gasteiger partial charge on any atom is -0.494 e. The average molecular weight is 1020 g/mol. The number of hydrogen-bond acceptors (Lipinski definition) is 12. The molecule has 0 bridgehead atoms. The number of esters is 3. The standard InChI is InChI=1S/C61H81N3O8S/c1-4-17-45-20-24-47(25-21-45)48-28-30-49(31-29-48)51-32-37-56(52(42-51)43-62-64(38-13-7-8-15-40-69-58(65)5-2)61-63-55-18-11-12-19-57(55)73-61)71-44-46-22-26-50(27-23-46)60(67)72-54-35-33-53(34-36-54)68-39-14-9-10-16-41-70-59(66)6-3/h5-6,11-12,18-19,32-37,42-43,45-50H,2-4,7-10,13-17,20-31,38-41,44H2,1H3/b62-43+. The lowest BCUT2D eigenvalue weighted by atomic mass is 9.68. The molecule has 0 unspecified atom stereocenters. The Morgan fingerprint density at radius 1 is 0.685 bits per heavy atom. The van der Waals surface area contributed by atoms with Gasteiger partial charge >= 0.3 is 17.9 Å². The van der Waals surface area contributed by atoms with E-state index in [1.54, 1.807) is 23.5 Å². The third-order valence-corrected chi connectivity index (χ3v) is 16.5. The number of aromatic nitrogens is 1. The quantitative estimate of drug-likeness (QED) is 0.0130. The monoisotopic (exact) mass is 1020 g/mol. The molecule has 12 heteroatoms. The lowest BCUT2D eigenvalue weighted by Gasteiger charge is -2.38. The number of carbonyl (C=O) groups excluding carboxylic acids is 3. The number of carbonyl (C=O) groups is 3. The van der Waals surface area contributed by atoms with E-state index in [1.165, 1.54) is 81.9 Å². The molecule has 0 amide bonds. The predicted molar refractivity (Wildman–Crippen MR) is 294 cm³/mol. The molecular weight excluding hydrogens is 935 g/mol. The van der Waals surface area contributed by atoms with Gasteiger partial charge in [0.05, 0.1) is 48.8 Å². The second kappa shape index (κ2) is 30.0. The first kappa shape index (κ1) is 55.3. The lowest BCUT2D eigenvalue weighted by Crippen LogP contribution is -2.27. The topological polar surface area (TPSA) is 126 Å². The molecule has 3 aliphatic rings. The molecule has 394 valence electrons. The number of rotatable bonds is 29. The van der Waals surface area contributed by atoms with Crippen molar-refractivity contribution in [1.29, 1.82) is 0 Å². The zero-order valence-corrected chi connectivity index (χ0v) is 44.4.